The van der Waals surface area contributed by atoms with Gasteiger partial charge in [-0.2, -0.15) is 0 Å². The lowest BCUT2D eigenvalue weighted by molar-refractivity contribution is -0.363. The van der Waals surface area contributed by atoms with E-state index in [1.54, 1.807) is 0 Å². The topological polar surface area (TPSA) is 143 Å². The van der Waals surface area contributed by atoms with Gasteiger partial charge in [0.2, 0.25) is 0 Å². The number of nitrogens with zero attached hydrogens (tertiary/aromatic N) is 3. The first-order valence-electron chi connectivity index (χ1n) is 11.3. The van der Waals surface area contributed by atoms with E-state index in [1.807, 2.05) is 30.3 Å². The van der Waals surface area contributed by atoms with E-state index in [2.05, 4.69) is 10.0 Å². The molecule has 2 aliphatic rings. The third-order valence-corrected chi connectivity index (χ3v) is 5.29. The Bertz CT molecular complexity index is 738. The molecule has 0 spiro atoms. The van der Waals surface area contributed by atoms with E-state index in [-0.39, 0.29) is 13.2 Å². The van der Waals surface area contributed by atoms with E-state index < -0.39 is 37.0 Å². The Labute approximate surface area is 198 Å². The number of fused-ring (bicyclic) bond motifs is 1. The summed E-state index contributed by atoms with van der Waals surface area (Å²) in [7, 11) is 1.50. The molecule has 0 amide bonds. The molecular weight excluding hydrogens is 450 g/mol. The summed E-state index contributed by atoms with van der Waals surface area (Å²) >= 11 is 0. The number of azide groups is 1. The van der Waals surface area contributed by atoms with Crippen molar-refractivity contribution < 1.29 is 43.0 Å². The second-order valence-corrected chi connectivity index (χ2v) is 7.57. The highest BCUT2D eigenvalue weighted by atomic mass is 16.8. The van der Waals surface area contributed by atoms with Crippen molar-refractivity contribution in [3.05, 3.63) is 46.3 Å². The highest BCUT2D eigenvalue weighted by molar-refractivity contribution is 5.16. The zero-order chi connectivity index (χ0) is 24.0. The third-order valence-electron chi connectivity index (χ3n) is 5.29. The Kier molecular flexibility index (Phi) is 12.0. The molecule has 6 atom stereocenters. The number of rotatable bonds is 15. The molecule has 34 heavy (non-hydrogen) atoms. The molecular formula is C22H33N3O9. The summed E-state index contributed by atoms with van der Waals surface area (Å²) in [6.45, 7) is 3.15. The van der Waals surface area contributed by atoms with Gasteiger partial charge in [-0.25, -0.2) is 0 Å². The van der Waals surface area contributed by atoms with Crippen molar-refractivity contribution in [3.8, 4) is 0 Å². The number of hydrogen-bond donors (Lipinski definition) is 1. The van der Waals surface area contributed by atoms with Crippen molar-refractivity contribution in [1.29, 1.82) is 0 Å². The fraction of sp³-hybridized carbons (Fsp3) is 0.727. The maximum Gasteiger partial charge on any atom is 0.186 e. The highest BCUT2D eigenvalue weighted by Crippen LogP contribution is 2.35. The molecule has 1 unspecified atom stereocenters. The largest absolute Gasteiger partial charge is 0.387 e. The average molecular weight is 484 g/mol. The van der Waals surface area contributed by atoms with Gasteiger partial charge >= 0.3 is 0 Å². The minimum atomic E-state index is -0.957. The molecule has 0 radical (unpaired) electrons. The Morgan fingerprint density at radius 2 is 1.68 bits per heavy atom. The lowest BCUT2D eigenvalue weighted by Crippen LogP contribution is -2.62. The average Bonchev–Trinajstić information content (AvgIpc) is 2.88. The summed E-state index contributed by atoms with van der Waals surface area (Å²) in [5.41, 5.74) is 9.03. The summed E-state index contributed by atoms with van der Waals surface area (Å²) < 4.78 is 45.1. The van der Waals surface area contributed by atoms with Gasteiger partial charge in [-0.15, -0.1) is 0 Å². The molecule has 2 saturated heterocycles. The van der Waals surface area contributed by atoms with Gasteiger partial charge in [-0.3, -0.25) is 0 Å². The molecule has 3 rings (SSSR count). The number of hydrogen-bond acceptors (Lipinski definition) is 10. The van der Waals surface area contributed by atoms with Gasteiger partial charge in [0.05, 0.1) is 52.9 Å². The summed E-state index contributed by atoms with van der Waals surface area (Å²) in [6, 6.07) is 9.55. The fourth-order valence-corrected chi connectivity index (χ4v) is 3.65. The van der Waals surface area contributed by atoms with Crippen LogP contribution in [0.3, 0.4) is 0 Å². The maximum atomic E-state index is 11.0. The van der Waals surface area contributed by atoms with Crippen LogP contribution in [0.2, 0.25) is 0 Å². The molecule has 2 fully saturated rings. The molecule has 0 bridgehead atoms. The lowest BCUT2D eigenvalue weighted by atomic mass is 9.97. The molecule has 1 N–H and O–H groups in total. The summed E-state index contributed by atoms with van der Waals surface area (Å²) in [5.74, 6) is 0. The van der Waals surface area contributed by atoms with Crippen LogP contribution in [0.1, 0.15) is 11.9 Å². The van der Waals surface area contributed by atoms with Gasteiger partial charge in [0.15, 0.2) is 12.6 Å². The van der Waals surface area contributed by atoms with Crippen molar-refractivity contribution in [1.82, 2.24) is 0 Å². The van der Waals surface area contributed by atoms with E-state index in [9.17, 15) is 5.11 Å². The third kappa shape index (κ3) is 8.14. The van der Waals surface area contributed by atoms with Crippen LogP contribution in [0.4, 0.5) is 0 Å². The molecule has 190 valence electrons. The molecule has 1 aromatic rings. The highest BCUT2D eigenvalue weighted by Gasteiger charge is 2.50. The Hall–Kier alpha value is -1.83. The van der Waals surface area contributed by atoms with Crippen LogP contribution in [0, 0.1) is 0 Å². The first-order valence-corrected chi connectivity index (χ1v) is 11.3. The SMILES string of the molecule is CO[C@H]1O[C@@H]2COC(c3ccccc3)O[C@H]2[C@H](O)[C@@H]1OCCOCCOCCOCCN=[N+]=[N-]. The first-order chi connectivity index (χ1) is 16.7. The number of aliphatic hydroxyl groups is 1. The van der Waals surface area contributed by atoms with Gasteiger partial charge in [0.1, 0.15) is 24.4 Å². The van der Waals surface area contributed by atoms with Gasteiger partial charge in [-0.05, 0) is 5.53 Å². The predicted octanol–water partition coefficient (Wildman–Crippen LogP) is 1.58. The second-order valence-electron chi connectivity index (χ2n) is 7.57. The van der Waals surface area contributed by atoms with E-state index in [4.69, 9.17) is 43.4 Å². The van der Waals surface area contributed by atoms with Crippen LogP contribution in [-0.4, -0.2) is 102 Å². The maximum absolute atomic E-state index is 11.0. The van der Waals surface area contributed by atoms with Crippen LogP contribution in [-0.2, 0) is 37.9 Å². The van der Waals surface area contributed by atoms with E-state index >= 15 is 0 Å². The summed E-state index contributed by atoms with van der Waals surface area (Å²) in [6.07, 6.45) is -4.10. The number of ether oxygens (including phenoxy) is 8. The minimum Gasteiger partial charge on any atom is -0.387 e. The van der Waals surface area contributed by atoms with Gasteiger partial charge < -0.3 is 43.0 Å². The van der Waals surface area contributed by atoms with Crippen LogP contribution >= 0.6 is 0 Å². The van der Waals surface area contributed by atoms with Crippen LogP contribution < -0.4 is 0 Å². The second kappa shape index (κ2) is 15.2. The van der Waals surface area contributed by atoms with Crippen molar-refractivity contribution >= 4 is 0 Å². The van der Waals surface area contributed by atoms with Crippen molar-refractivity contribution in [2.75, 3.05) is 66.5 Å². The Morgan fingerprint density at radius 3 is 2.35 bits per heavy atom. The van der Waals surface area contributed by atoms with Crippen molar-refractivity contribution in [2.24, 2.45) is 5.11 Å². The normalized spacial score (nSPS) is 28.8. The van der Waals surface area contributed by atoms with Crippen LogP contribution in [0.5, 0.6) is 0 Å². The number of benzene rings is 1. The van der Waals surface area contributed by atoms with E-state index in [1.165, 1.54) is 7.11 Å². The molecule has 0 aliphatic carbocycles. The minimum absolute atomic E-state index is 0.240. The summed E-state index contributed by atoms with van der Waals surface area (Å²) in [4.78, 5) is 2.64. The van der Waals surface area contributed by atoms with Crippen LogP contribution in [0.25, 0.3) is 10.4 Å². The number of aliphatic hydroxyl groups excluding tert-OH is 1. The smallest absolute Gasteiger partial charge is 0.186 e. The fourth-order valence-electron chi connectivity index (χ4n) is 3.65. The quantitative estimate of drug-likeness (QED) is 0.170. The van der Waals surface area contributed by atoms with Crippen molar-refractivity contribution in [3.63, 3.8) is 0 Å². The molecule has 2 heterocycles. The molecule has 0 aromatic heterocycles. The van der Waals surface area contributed by atoms with Gasteiger partial charge in [0.25, 0.3) is 0 Å². The molecule has 0 saturated carbocycles. The summed E-state index contributed by atoms with van der Waals surface area (Å²) in [5, 5.41) is 14.3. The van der Waals surface area contributed by atoms with E-state index in [0.29, 0.717) is 46.2 Å². The van der Waals surface area contributed by atoms with Crippen molar-refractivity contribution in [2.45, 2.75) is 37.0 Å². The molecule has 12 heteroatoms. The zero-order valence-electron chi connectivity index (χ0n) is 19.3. The Balaban J connectivity index is 1.32. The van der Waals surface area contributed by atoms with Crippen LogP contribution in [0.15, 0.2) is 35.4 Å². The molecule has 2 aliphatic heterocycles. The van der Waals surface area contributed by atoms with Gasteiger partial charge in [0, 0.05) is 24.1 Å². The molecule has 1 aromatic carbocycles. The monoisotopic (exact) mass is 483 g/mol. The lowest BCUT2D eigenvalue weighted by Gasteiger charge is -2.47. The van der Waals surface area contributed by atoms with E-state index in [0.717, 1.165) is 5.56 Å². The standard InChI is InChI=1S/C22H33N3O9/c1-27-22-20(31-14-13-30-12-11-29-10-9-28-8-7-24-25-23)18(26)19-17(33-22)15-32-21(34-19)16-5-3-2-4-6-16/h2-6,17-22,26H,7-15H2,1H3/t17-,18+,19-,20+,21?,22+/m1/s1. The zero-order valence-corrected chi connectivity index (χ0v) is 19.3. The van der Waals surface area contributed by atoms with Gasteiger partial charge in [-0.1, -0.05) is 35.4 Å². The Morgan fingerprint density at radius 1 is 1.00 bits per heavy atom. The number of methoxy groups -OCH3 is 1. The first kappa shape index (κ1) is 26.8. The molecule has 12 nitrogen and oxygen atoms in total. The predicted molar refractivity (Wildman–Crippen MR) is 118 cm³/mol.